The van der Waals surface area contributed by atoms with Gasteiger partial charge in [-0.05, 0) is 27.2 Å². The van der Waals surface area contributed by atoms with Gasteiger partial charge in [0.15, 0.2) is 5.78 Å². The molecule has 0 unspecified atom stereocenters. The maximum atomic E-state index is 10.6. The number of carbonyl (C=O) groups excluding carboxylic acids is 1. The van der Waals surface area contributed by atoms with Gasteiger partial charge >= 0.3 is 0 Å². The van der Waals surface area contributed by atoms with Gasteiger partial charge in [-0.25, -0.2) is 0 Å². The fraction of sp³-hybridized carbons (Fsp3) is 0.917. The summed E-state index contributed by atoms with van der Waals surface area (Å²) in [5, 5.41) is 0. The van der Waals surface area contributed by atoms with E-state index in [1.807, 2.05) is 13.8 Å². The van der Waals surface area contributed by atoms with Gasteiger partial charge in [0.25, 0.3) is 0 Å². The maximum absolute atomic E-state index is 10.6. The first-order valence-electron chi connectivity index (χ1n) is 5.88. The Bertz CT molecular complexity index is 182. The van der Waals surface area contributed by atoms with Crippen LogP contribution in [-0.4, -0.2) is 44.4 Å². The number of Topliss-reactive ketones (excluding diaryl/α,β-unsaturated/α-hetero) is 1. The van der Waals surface area contributed by atoms with E-state index in [1.54, 1.807) is 0 Å². The summed E-state index contributed by atoms with van der Waals surface area (Å²) in [6, 6.07) is 0. The van der Waals surface area contributed by atoms with Crippen LogP contribution in [0.4, 0.5) is 0 Å². The van der Waals surface area contributed by atoms with Crippen LogP contribution in [0.25, 0.3) is 0 Å². The molecule has 0 N–H and O–H groups in total. The minimum absolute atomic E-state index is 0.0349. The summed E-state index contributed by atoms with van der Waals surface area (Å²) in [6.45, 7) is 9.42. The van der Waals surface area contributed by atoms with Crippen LogP contribution in [-0.2, 0) is 19.0 Å². The molecule has 0 spiro atoms. The normalized spacial score (nSPS) is 14.8. The van der Waals surface area contributed by atoms with E-state index >= 15 is 0 Å². The molecule has 4 nitrogen and oxygen atoms in total. The van der Waals surface area contributed by atoms with Crippen molar-refractivity contribution in [1.29, 1.82) is 0 Å². The predicted octanol–water partition coefficient (Wildman–Crippen LogP) is 1.81. The van der Waals surface area contributed by atoms with Gasteiger partial charge < -0.3 is 14.2 Å². The van der Waals surface area contributed by atoms with Crippen molar-refractivity contribution in [3.05, 3.63) is 0 Å². The van der Waals surface area contributed by atoms with Crippen LogP contribution in [0, 0.1) is 0 Å². The lowest BCUT2D eigenvalue weighted by Crippen LogP contribution is -2.28. The van der Waals surface area contributed by atoms with E-state index in [-0.39, 0.29) is 24.6 Å². The highest BCUT2D eigenvalue weighted by atomic mass is 16.6. The van der Waals surface area contributed by atoms with Crippen molar-refractivity contribution in [2.75, 3.05) is 26.4 Å². The standard InChI is InChI=1S/C12H24O4/c1-5-6-15-11(3)12(4)16-8-7-14-9-10(2)13/h11-12H,5-9H2,1-4H3/t11-,12-/m0/s1. The van der Waals surface area contributed by atoms with E-state index in [1.165, 1.54) is 6.92 Å². The fourth-order valence-corrected chi connectivity index (χ4v) is 1.08. The summed E-state index contributed by atoms with van der Waals surface area (Å²) >= 11 is 0. The van der Waals surface area contributed by atoms with E-state index in [0.29, 0.717) is 13.2 Å². The molecule has 0 amide bonds. The van der Waals surface area contributed by atoms with Crippen LogP contribution in [0.1, 0.15) is 34.1 Å². The lowest BCUT2D eigenvalue weighted by atomic mass is 10.2. The Labute approximate surface area is 98.3 Å². The van der Waals surface area contributed by atoms with Crippen LogP contribution in [0.3, 0.4) is 0 Å². The Hall–Kier alpha value is -0.450. The molecular weight excluding hydrogens is 208 g/mol. The molecule has 0 aliphatic carbocycles. The van der Waals surface area contributed by atoms with Crippen molar-refractivity contribution in [3.63, 3.8) is 0 Å². The predicted molar refractivity (Wildman–Crippen MR) is 62.6 cm³/mol. The van der Waals surface area contributed by atoms with Crippen LogP contribution >= 0.6 is 0 Å². The lowest BCUT2D eigenvalue weighted by molar-refractivity contribution is -0.122. The van der Waals surface area contributed by atoms with Gasteiger partial charge in [0, 0.05) is 6.61 Å². The molecule has 16 heavy (non-hydrogen) atoms. The highest BCUT2D eigenvalue weighted by Crippen LogP contribution is 2.03. The maximum Gasteiger partial charge on any atom is 0.155 e. The Kier molecular flexibility index (Phi) is 9.48. The highest BCUT2D eigenvalue weighted by molar-refractivity contribution is 5.76. The van der Waals surface area contributed by atoms with Crippen LogP contribution in [0.2, 0.25) is 0 Å². The van der Waals surface area contributed by atoms with Gasteiger partial charge in [0.2, 0.25) is 0 Å². The summed E-state index contributed by atoms with van der Waals surface area (Å²) in [6.07, 6.45) is 1.15. The van der Waals surface area contributed by atoms with Crippen LogP contribution in [0.15, 0.2) is 0 Å². The van der Waals surface area contributed by atoms with E-state index in [0.717, 1.165) is 13.0 Å². The Morgan fingerprint density at radius 3 is 2.12 bits per heavy atom. The van der Waals surface area contributed by atoms with E-state index < -0.39 is 0 Å². The Morgan fingerprint density at radius 2 is 1.62 bits per heavy atom. The Morgan fingerprint density at radius 1 is 1.06 bits per heavy atom. The van der Waals surface area contributed by atoms with Gasteiger partial charge in [0.05, 0.1) is 25.4 Å². The van der Waals surface area contributed by atoms with Crippen molar-refractivity contribution in [2.45, 2.75) is 46.3 Å². The molecule has 96 valence electrons. The summed E-state index contributed by atoms with van der Waals surface area (Å²) in [4.78, 5) is 10.6. The van der Waals surface area contributed by atoms with Crippen molar-refractivity contribution in [3.8, 4) is 0 Å². The van der Waals surface area contributed by atoms with Crippen molar-refractivity contribution in [1.82, 2.24) is 0 Å². The molecule has 0 heterocycles. The second-order valence-electron chi connectivity index (χ2n) is 3.91. The summed E-state index contributed by atoms with van der Waals surface area (Å²) in [5.74, 6) is 0.0349. The largest absolute Gasteiger partial charge is 0.376 e. The number of ketones is 1. The lowest BCUT2D eigenvalue weighted by Gasteiger charge is -2.20. The molecule has 0 aliphatic heterocycles. The minimum Gasteiger partial charge on any atom is -0.376 e. The minimum atomic E-state index is 0.0349. The van der Waals surface area contributed by atoms with E-state index in [2.05, 4.69) is 6.92 Å². The number of carbonyl (C=O) groups is 1. The molecule has 0 fully saturated rings. The highest BCUT2D eigenvalue weighted by Gasteiger charge is 2.12. The third-order valence-corrected chi connectivity index (χ3v) is 2.16. The SMILES string of the molecule is CCCO[C@@H](C)[C@H](C)OCCOCC(C)=O. The van der Waals surface area contributed by atoms with Gasteiger partial charge in [-0.1, -0.05) is 6.92 Å². The molecule has 0 radical (unpaired) electrons. The topological polar surface area (TPSA) is 44.8 Å². The van der Waals surface area contributed by atoms with Gasteiger partial charge in [-0.3, -0.25) is 4.79 Å². The van der Waals surface area contributed by atoms with Crippen molar-refractivity contribution < 1.29 is 19.0 Å². The number of hydrogen-bond donors (Lipinski definition) is 0. The zero-order valence-electron chi connectivity index (χ0n) is 10.8. The Balaban J connectivity index is 3.41. The molecule has 0 rings (SSSR count). The first kappa shape index (κ1) is 15.6. The van der Waals surface area contributed by atoms with E-state index in [9.17, 15) is 4.79 Å². The molecule has 2 atom stereocenters. The zero-order valence-corrected chi connectivity index (χ0v) is 10.8. The molecule has 0 aromatic heterocycles. The second-order valence-corrected chi connectivity index (χ2v) is 3.91. The van der Waals surface area contributed by atoms with Crippen LogP contribution in [0.5, 0.6) is 0 Å². The first-order valence-corrected chi connectivity index (χ1v) is 5.88. The molecular formula is C12H24O4. The summed E-state index contributed by atoms with van der Waals surface area (Å²) in [7, 11) is 0. The van der Waals surface area contributed by atoms with Crippen LogP contribution < -0.4 is 0 Å². The molecule has 0 aromatic carbocycles. The monoisotopic (exact) mass is 232 g/mol. The third-order valence-electron chi connectivity index (χ3n) is 2.16. The van der Waals surface area contributed by atoms with Gasteiger partial charge in [0.1, 0.15) is 6.61 Å². The van der Waals surface area contributed by atoms with Gasteiger partial charge in [-0.2, -0.15) is 0 Å². The molecule has 0 aliphatic rings. The fourth-order valence-electron chi connectivity index (χ4n) is 1.08. The van der Waals surface area contributed by atoms with E-state index in [4.69, 9.17) is 14.2 Å². The van der Waals surface area contributed by atoms with Gasteiger partial charge in [-0.15, -0.1) is 0 Å². The molecule has 0 bridgehead atoms. The number of rotatable bonds is 10. The molecule has 0 aromatic rings. The molecule has 4 heteroatoms. The van der Waals surface area contributed by atoms with Crippen molar-refractivity contribution in [2.24, 2.45) is 0 Å². The summed E-state index contributed by atoms with van der Waals surface area (Å²) < 4.78 is 16.1. The zero-order chi connectivity index (χ0) is 12.4. The average molecular weight is 232 g/mol. The first-order chi connectivity index (χ1) is 7.57. The molecule has 0 saturated heterocycles. The summed E-state index contributed by atoms with van der Waals surface area (Å²) in [5.41, 5.74) is 0. The smallest absolute Gasteiger partial charge is 0.155 e. The third kappa shape index (κ3) is 8.83. The quantitative estimate of drug-likeness (QED) is 0.539. The average Bonchev–Trinajstić information content (AvgIpc) is 2.24. The second kappa shape index (κ2) is 9.75. The number of ether oxygens (including phenoxy) is 3. The molecule has 0 saturated carbocycles. The van der Waals surface area contributed by atoms with Crippen molar-refractivity contribution >= 4 is 5.78 Å². The number of hydrogen-bond acceptors (Lipinski definition) is 4.